The molecule has 3 rings (SSSR count). The fourth-order valence-electron chi connectivity index (χ4n) is 1.81. The molecule has 6 heteroatoms. The van der Waals surface area contributed by atoms with Gasteiger partial charge in [0, 0.05) is 11.8 Å². The normalized spacial score (nSPS) is 10.2. The third kappa shape index (κ3) is 2.52. The fraction of sp³-hybridized carbons (Fsp3) is 0.0714. The van der Waals surface area contributed by atoms with Crippen LogP contribution < -0.4 is 0 Å². The predicted molar refractivity (Wildman–Crippen MR) is 71.3 cm³/mol. The average Bonchev–Trinajstić information content (AvgIpc) is 2.97. The minimum absolute atomic E-state index is 0.380. The summed E-state index contributed by atoms with van der Waals surface area (Å²) in [7, 11) is 0. The lowest BCUT2D eigenvalue weighted by Crippen LogP contribution is -2.04. The van der Waals surface area contributed by atoms with Gasteiger partial charge in [-0.2, -0.15) is 10.1 Å². The number of tetrazole rings is 1. The molecule has 2 aromatic heterocycles. The molecule has 0 aliphatic heterocycles. The summed E-state index contributed by atoms with van der Waals surface area (Å²) in [5.41, 5.74) is 2.21. The molecule has 0 fully saturated rings. The van der Waals surface area contributed by atoms with E-state index in [4.69, 9.17) is 5.26 Å². The number of nitrogens with zero attached hydrogens (tertiary/aromatic N) is 6. The first-order valence-electron chi connectivity index (χ1n) is 6.03. The topological polar surface area (TPSA) is 80.3 Å². The summed E-state index contributed by atoms with van der Waals surface area (Å²) in [6.07, 6.45) is 1.60. The Bertz CT molecular complexity index is 757. The van der Waals surface area contributed by atoms with Crippen molar-refractivity contribution in [3.05, 3.63) is 59.9 Å². The van der Waals surface area contributed by atoms with Crippen LogP contribution >= 0.6 is 0 Å². The third-order valence-corrected chi connectivity index (χ3v) is 2.75. The van der Waals surface area contributed by atoms with Gasteiger partial charge < -0.3 is 0 Å². The van der Waals surface area contributed by atoms with Gasteiger partial charge in [0.1, 0.15) is 11.8 Å². The van der Waals surface area contributed by atoms with Crippen molar-refractivity contribution in [2.24, 2.45) is 0 Å². The van der Waals surface area contributed by atoms with Crippen LogP contribution in [-0.2, 0) is 6.54 Å². The molecule has 1 aromatic carbocycles. The van der Waals surface area contributed by atoms with Crippen molar-refractivity contribution in [2.45, 2.75) is 6.54 Å². The summed E-state index contributed by atoms with van der Waals surface area (Å²) in [5.74, 6) is 0.583. The highest BCUT2D eigenvalue weighted by atomic mass is 15.6. The summed E-state index contributed by atoms with van der Waals surface area (Å²) < 4.78 is 0. The van der Waals surface area contributed by atoms with Gasteiger partial charge in [0.05, 0.1) is 6.54 Å². The molecule has 2 heterocycles. The molecule has 3 aromatic rings. The molecule has 0 aliphatic carbocycles. The lowest BCUT2D eigenvalue weighted by Gasteiger charge is -1.99. The average molecular weight is 262 g/mol. The van der Waals surface area contributed by atoms with E-state index in [2.05, 4.69) is 20.4 Å². The van der Waals surface area contributed by atoms with Crippen molar-refractivity contribution in [3.8, 4) is 17.5 Å². The Balaban J connectivity index is 1.83. The predicted octanol–water partition coefficient (Wildman–Crippen LogP) is 1.66. The molecule has 0 radical (unpaired) electrons. The Kier molecular flexibility index (Phi) is 3.17. The molecule has 6 nitrogen and oxygen atoms in total. The van der Waals surface area contributed by atoms with E-state index in [0.717, 1.165) is 11.1 Å². The van der Waals surface area contributed by atoms with Crippen LogP contribution in [0.15, 0.2) is 48.7 Å². The molecule has 0 spiro atoms. The highest BCUT2D eigenvalue weighted by Crippen LogP contribution is 2.12. The highest BCUT2D eigenvalue weighted by molar-refractivity contribution is 5.52. The second kappa shape index (κ2) is 5.28. The van der Waals surface area contributed by atoms with Gasteiger partial charge in [-0.25, -0.2) is 4.98 Å². The third-order valence-electron chi connectivity index (χ3n) is 2.75. The Morgan fingerprint density at radius 3 is 2.80 bits per heavy atom. The molecular weight excluding hydrogens is 252 g/mol. The van der Waals surface area contributed by atoms with Crippen molar-refractivity contribution in [1.82, 2.24) is 25.2 Å². The summed E-state index contributed by atoms with van der Waals surface area (Å²) in [6, 6.07) is 15.2. The molecule has 20 heavy (non-hydrogen) atoms. The minimum Gasteiger partial charge on any atom is -0.246 e. The number of benzene rings is 1. The molecule has 0 amide bonds. The van der Waals surface area contributed by atoms with Gasteiger partial charge in [0.2, 0.25) is 5.82 Å². The number of hydrogen-bond donors (Lipinski definition) is 0. The Morgan fingerprint density at radius 2 is 2.00 bits per heavy atom. The standard InChI is InChI=1S/C14H10N6/c15-9-13-8-11(6-7-16-13)10-20-18-14(17-19-20)12-4-2-1-3-5-12/h1-8H,10H2. The van der Waals surface area contributed by atoms with Crippen LogP contribution in [0.1, 0.15) is 11.3 Å². The SMILES string of the molecule is N#Cc1cc(Cn2nnc(-c3ccccc3)n2)ccn1. The molecule has 96 valence electrons. The monoisotopic (exact) mass is 262 g/mol. The first kappa shape index (κ1) is 12.0. The maximum Gasteiger partial charge on any atom is 0.204 e. The quantitative estimate of drug-likeness (QED) is 0.717. The van der Waals surface area contributed by atoms with E-state index >= 15 is 0 Å². The number of pyridine rings is 1. The molecular formula is C14H10N6. The number of aromatic nitrogens is 5. The maximum absolute atomic E-state index is 8.82. The van der Waals surface area contributed by atoms with E-state index < -0.39 is 0 Å². The zero-order chi connectivity index (χ0) is 13.8. The van der Waals surface area contributed by atoms with E-state index in [1.54, 1.807) is 12.3 Å². The van der Waals surface area contributed by atoms with Crippen LogP contribution in [0.3, 0.4) is 0 Å². The second-order valence-electron chi connectivity index (χ2n) is 4.17. The van der Waals surface area contributed by atoms with Gasteiger partial charge in [-0.3, -0.25) is 0 Å². The molecule has 0 N–H and O–H groups in total. The van der Waals surface area contributed by atoms with Crippen LogP contribution in [0, 0.1) is 11.3 Å². The van der Waals surface area contributed by atoms with Gasteiger partial charge in [-0.15, -0.1) is 10.2 Å². The first-order valence-corrected chi connectivity index (χ1v) is 6.03. The first-order chi connectivity index (χ1) is 9.85. The van der Waals surface area contributed by atoms with E-state index in [1.807, 2.05) is 42.5 Å². The van der Waals surface area contributed by atoms with E-state index in [9.17, 15) is 0 Å². The van der Waals surface area contributed by atoms with Gasteiger partial charge in [0.25, 0.3) is 0 Å². The summed E-state index contributed by atoms with van der Waals surface area (Å²) >= 11 is 0. The van der Waals surface area contributed by atoms with Crippen molar-refractivity contribution in [3.63, 3.8) is 0 Å². The van der Waals surface area contributed by atoms with Crippen molar-refractivity contribution >= 4 is 0 Å². The summed E-state index contributed by atoms with van der Waals surface area (Å²) in [5, 5.41) is 21.2. The van der Waals surface area contributed by atoms with E-state index in [1.165, 1.54) is 4.80 Å². The number of rotatable bonds is 3. The Hall–Kier alpha value is -3.07. The van der Waals surface area contributed by atoms with Crippen LogP contribution in [-0.4, -0.2) is 25.2 Å². The minimum atomic E-state index is 0.380. The molecule has 0 bridgehead atoms. The molecule has 0 aliphatic rings. The molecule has 0 saturated heterocycles. The van der Waals surface area contributed by atoms with Gasteiger partial charge in [-0.05, 0) is 22.9 Å². The molecule has 0 atom stereocenters. The zero-order valence-corrected chi connectivity index (χ0v) is 10.5. The van der Waals surface area contributed by atoms with E-state index in [0.29, 0.717) is 18.1 Å². The largest absolute Gasteiger partial charge is 0.246 e. The van der Waals surface area contributed by atoms with Gasteiger partial charge in [-0.1, -0.05) is 30.3 Å². The fourth-order valence-corrected chi connectivity index (χ4v) is 1.81. The van der Waals surface area contributed by atoms with Crippen LogP contribution in [0.4, 0.5) is 0 Å². The van der Waals surface area contributed by atoms with Crippen LogP contribution in [0.2, 0.25) is 0 Å². The van der Waals surface area contributed by atoms with Crippen molar-refractivity contribution < 1.29 is 0 Å². The smallest absolute Gasteiger partial charge is 0.204 e. The highest BCUT2D eigenvalue weighted by Gasteiger charge is 2.06. The van der Waals surface area contributed by atoms with Crippen molar-refractivity contribution in [2.75, 3.05) is 0 Å². The van der Waals surface area contributed by atoms with Crippen molar-refractivity contribution in [1.29, 1.82) is 5.26 Å². The second-order valence-corrected chi connectivity index (χ2v) is 4.17. The Labute approximate surface area is 115 Å². The summed E-state index contributed by atoms with van der Waals surface area (Å²) in [6.45, 7) is 0.455. The van der Waals surface area contributed by atoms with Crippen LogP contribution in [0.25, 0.3) is 11.4 Å². The number of hydrogen-bond acceptors (Lipinski definition) is 5. The zero-order valence-electron chi connectivity index (χ0n) is 10.5. The lowest BCUT2D eigenvalue weighted by atomic mass is 10.2. The van der Waals surface area contributed by atoms with Crippen LogP contribution in [0.5, 0.6) is 0 Å². The number of nitriles is 1. The summed E-state index contributed by atoms with van der Waals surface area (Å²) in [4.78, 5) is 5.42. The molecule has 0 saturated carbocycles. The van der Waals surface area contributed by atoms with Gasteiger partial charge >= 0.3 is 0 Å². The van der Waals surface area contributed by atoms with E-state index in [-0.39, 0.29) is 0 Å². The molecule has 0 unspecified atom stereocenters. The maximum atomic E-state index is 8.82. The lowest BCUT2D eigenvalue weighted by molar-refractivity contribution is 0.572. The Morgan fingerprint density at radius 1 is 1.15 bits per heavy atom. The van der Waals surface area contributed by atoms with Gasteiger partial charge in [0.15, 0.2) is 0 Å².